The van der Waals surface area contributed by atoms with E-state index in [1.807, 2.05) is 54.6 Å². The molecule has 594 valence electrons. The molecule has 0 aliphatic heterocycles. The quantitative estimate of drug-likeness (QED) is 0.159. The molecule has 0 N–H and O–H groups in total. The summed E-state index contributed by atoms with van der Waals surface area (Å²) in [5.41, 5.74) is 28.7. The number of fused-ring (bicyclic) bond motifs is 18. The summed E-state index contributed by atoms with van der Waals surface area (Å²) in [4.78, 5) is 0. The maximum atomic E-state index is 13.2. The molecule has 0 spiro atoms. The second-order valence-electron chi connectivity index (χ2n) is 31.6. The lowest BCUT2D eigenvalue weighted by atomic mass is 10.1. The summed E-state index contributed by atoms with van der Waals surface area (Å²) in [7, 11) is 0. The van der Waals surface area contributed by atoms with Gasteiger partial charge in [0.25, 0.3) is 0 Å². The van der Waals surface area contributed by atoms with Crippen LogP contribution in [0.15, 0.2) is 419 Å². The van der Waals surface area contributed by atoms with Crippen LogP contribution in [0.3, 0.4) is 0 Å². The normalized spacial score (nSPS) is 11.3. The number of para-hydroxylation sites is 10. The molecule has 0 aliphatic carbocycles. The molecule has 9 heteroatoms. The Morgan fingerprint density at radius 2 is 0.398 bits per heavy atom. The topological polar surface area (TPSA) is 29.6 Å². The number of rotatable bonds is 6. The van der Waals surface area contributed by atoms with Crippen molar-refractivity contribution in [1.29, 1.82) is 0 Å². The minimum absolute atomic E-state index is 0.212. The zero-order chi connectivity index (χ0) is 83.8. The minimum atomic E-state index is -0.213. The minimum Gasteiger partial charge on any atom is -0.309 e. The molecule has 6 heterocycles. The predicted molar refractivity (Wildman–Crippen MR) is 513 cm³/mol. The Morgan fingerprint density at radius 1 is 0.154 bits per heavy atom. The van der Waals surface area contributed by atoms with Gasteiger partial charge in [-0.15, -0.1) is 0 Å². The van der Waals surface area contributed by atoms with Crippen LogP contribution in [0.1, 0.15) is 33.4 Å². The van der Waals surface area contributed by atoms with Crippen molar-refractivity contribution in [1.82, 2.24) is 27.4 Å². The highest BCUT2D eigenvalue weighted by Gasteiger charge is 2.20. The van der Waals surface area contributed by atoms with Crippen molar-refractivity contribution in [2.45, 2.75) is 41.5 Å². The Morgan fingerprint density at radius 3 is 0.797 bits per heavy atom. The van der Waals surface area contributed by atoms with E-state index < -0.39 is 0 Å². The standard InChI is InChI=1S/3C19H14FN.3C19H15N/c1-13-5-4-7-17-16-6-2-3-8-18(16)21(19(13)17)15-11-9-14(20)10-12-15;1-13-6-11-19-17(12-13)16-4-2-3-5-18(16)21(19)15-9-7-14(20)8-10-15;1-13-6-11-17-16-4-2-3-5-18(16)21(19(17)12-13)15-9-7-14(20)8-10-15;1-14-8-7-13-18-19(14)16-11-5-6-12-17(16)20(18)15-9-3-2-4-10-15;1-14-11-12-19-17(13-14)16-9-5-6-10-18(16)20(19)15-7-3-2-4-8-15;1-14-11-12-17-16-9-5-6-10-18(16)20(19(17)13-14)15-7-3-2-4-8-15/h3*2-12H,1H3;3*2-13H,1H3. The molecule has 0 amide bonds. The molecule has 6 nitrogen and oxygen atoms in total. The van der Waals surface area contributed by atoms with Crippen LogP contribution < -0.4 is 0 Å². The molecule has 0 fully saturated rings. The molecule has 24 rings (SSSR count). The third-order valence-electron chi connectivity index (χ3n) is 23.4. The van der Waals surface area contributed by atoms with Gasteiger partial charge in [-0.1, -0.05) is 242 Å². The van der Waals surface area contributed by atoms with E-state index in [0.29, 0.717) is 0 Å². The molecular weight excluding hydrogens is 1510 g/mol. The fraction of sp³-hybridized carbons (Fsp3) is 0.0526. The Labute approximate surface area is 711 Å². The lowest BCUT2D eigenvalue weighted by molar-refractivity contribution is 0.627. The van der Waals surface area contributed by atoms with E-state index in [9.17, 15) is 13.2 Å². The van der Waals surface area contributed by atoms with Crippen molar-refractivity contribution in [3.8, 4) is 34.1 Å². The molecule has 0 aliphatic rings. The first-order chi connectivity index (χ1) is 60.3. The Balaban J connectivity index is 0.0000000970. The molecule has 6 aromatic heterocycles. The third kappa shape index (κ3) is 14.8. The highest BCUT2D eigenvalue weighted by molar-refractivity contribution is 6.15. The van der Waals surface area contributed by atoms with Crippen LogP contribution in [0.4, 0.5) is 13.2 Å². The van der Waals surface area contributed by atoms with Crippen LogP contribution in [-0.4, -0.2) is 27.4 Å². The van der Waals surface area contributed by atoms with Crippen LogP contribution in [0.25, 0.3) is 165 Å². The Hall–Kier alpha value is -15.5. The van der Waals surface area contributed by atoms with Gasteiger partial charge in [0.1, 0.15) is 17.5 Å². The maximum absolute atomic E-state index is 13.2. The zero-order valence-corrected chi connectivity index (χ0v) is 69.2. The Bertz CT molecular complexity index is 7940. The summed E-state index contributed by atoms with van der Waals surface area (Å²) < 4.78 is 53.2. The summed E-state index contributed by atoms with van der Waals surface area (Å²) in [5, 5.41) is 15.3. The van der Waals surface area contributed by atoms with E-state index in [1.165, 1.54) is 190 Å². The first kappa shape index (κ1) is 77.5. The van der Waals surface area contributed by atoms with E-state index >= 15 is 0 Å². The molecule has 24 aromatic rings. The van der Waals surface area contributed by atoms with Crippen molar-refractivity contribution in [2.24, 2.45) is 0 Å². The largest absolute Gasteiger partial charge is 0.309 e. The molecule has 0 saturated carbocycles. The van der Waals surface area contributed by atoms with Gasteiger partial charge in [0, 0.05) is 98.8 Å². The first-order valence-electron chi connectivity index (χ1n) is 41.7. The van der Waals surface area contributed by atoms with Gasteiger partial charge in [-0.25, -0.2) is 13.2 Å². The lowest BCUT2D eigenvalue weighted by Crippen LogP contribution is -1.95. The van der Waals surface area contributed by atoms with E-state index in [4.69, 9.17) is 0 Å². The third-order valence-corrected chi connectivity index (χ3v) is 23.4. The average molecular weight is 1600 g/mol. The fourth-order valence-corrected chi connectivity index (χ4v) is 17.9. The van der Waals surface area contributed by atoms with Crippen LogP contribution >= 0.6 is 0 Å². The van der Waals surface area contributed by atoms with Gasteiger partial charge in [-0.2, -0.15) is 0 Å². The number of benzene rings is 18. The van der Waals surface area contributed by atoms with Crippen molar-refractivity contribution in [3.05, 3.63) is 469 Å². The molecule has 0 radical (unpaired) electrons. The molecular formula is C114H87F3N6. The van der Waals surface area contributed by atoms with Crippen molar-refractivity contribution < 1.29 is 13.2 Å². The van der Waals surface area contributed by atoms with Crippen molar-refractivity contribution >= 4 is 131 Å². The number of hydrogen-bond acceptors (Lipinski definition) is 0. The van der Waals surface area contributed by atoms with Gasteiger partial charge >= 0.3 is 0 Å². The number of aromatic nitrogens is 6. The highest BCUT2D eigenvalue weighted by Crippen LogP contribution is 2.40. The molecule has 18 aromatic carbocycles. The van der Waals surface area contributed by atoms with Crippen LogP contribution in [0.2, 0.25) is 0 Å². The predicted octanol–water partition coefficient (Wildman–Crippen LogP) is 31.0. The van der Waals surface area contributed by atoms with Crippen molar-refractivity contribution in [2.75, 3.05) is 0 Å². The molecule has 0 unspecified atom stereocenters. The summed E-state index contributed by atoms with van der Waals surface area (Å²) in [5.74, 6) is -0.637. The lowest BCUT2D eigenvalue weighted by Gasteiger charge is -2.09. The molecule has 0 atom stereocenters. The second kappa shape index (κ2) is 33.4. The van der Waals surface area contributed by atoms with E-state index in [2.05, 4.69) is 397 Å². The van der Waals surface area contributed by atoms with Gasteiger partial charge in [0.2, 0.25) is 0 Å². The zero-order valence-electron chi connectivity index (χ0n) is 69.2. The number of hydrogen-bond donors (Lipinski definition) is 0. The van der Waals surface area contributed by atoms with E-state index in [0.717, 1.165) is 44.6 Å². The molecule has 123 heavy (non-hydrogen) atoms. The molecule has 0 bridgehead atoms. The van der Waals surface area contributed by atoms with Crippen LogP contribution in [-0.2, 0) is 0 Å². The maximum Gasteiger partial charge on any atom is 0.123 e. The summed E-state index contributed by atoms with van der Waals surface area (Å²) in [6.45, 7) is 12.8. The first-order valence-corrected chi connectivity index (χ1v) is 41.7. The van der Waals surface area contributed by atoms with E-state index in [1.54, 1.807) is 0 Å². The second-order valence-corrected chi connectivity index (χ2v) is 31.6. The smallest absolute Gasteiger partial charge is 0.123 e. The SMILES string of the molecule is Cc1ccc2c(c1)c1ccccc1n2-c1ccc(F)cc1.Cc1ccc2c(c1)c1ccccc1n2-c1ccccc1.Cc1ccc2c3ccccc3n(-c3ccc(F)cc3)c2c1.Cc1ccc2c3ccccc3n(-c3ccccc3)c2c1.Cc1cccc2c1c1ccccc1n2-c1ccccc1.Cc1cccc2c3ccccc3n(-c3ccc(F)cc3)c12. The van der Waals surface area contributed by atoms with Gasteiger partial charge in [-0.3, -0.25) is 0 Å². The van der Waals surface area contributed by atoms with Crippen LogP contribution in [0, 0.1) is 59.0 Å². The highest BCUT2D eigenvalue weighted by atomic mass is 19.1. The average Bonchev–Trinajstić information content (AvgIpc) is 1.63. The van der Waals surface area contributed by atoms with Crippen LogP contribution in [0.5, 0.6) is 0 Å². The van der Waals surface area contributed by atoms with Gasteiger partial charge in [-0.05, 0) is 252 Å². The summed E-state index contributed by atoms with van der Waals surface area (Å²) >= 11 is 0. The number of nitrogens with zero attached hydrogens (tertiary/aromatic N) is 6. The fourth-order valence-electron chi connectivity index (χ4n) is 17.9. The van der Waals surface area contributed by atoms with E-state index in [-0.39, 0.29) is 17.5 Å². The number of aryl methyl sites for hydroxylation is 6. The van der Waals surface area contributed by atoms with Gasteiger partial charge < -0.3 is 27.4 Å². The summed E-state index contributed by atoms with van der Waals surface area (Å²) in [6.07, 6.45) is 0. The van der Waals surface area contributed by atoms with Gasteiger partial charge in [0.15, 0.2) is 0 Å². The van der Waals surface area contributed by atoms with Gasteiger partial charge in [0.05, 0.1) is 66.2 Å². The monoisotopic (exact) mass is 1600 g/mol. The molecule has 0 saturated heterocycles. The number of halogens is 3. The summed E-state index contributed by atoms with van der Waals surface area (Å²) in [6, 6.07) is 142. The Kier molecular flexibility index (Phi) is 21.0. The van der Waals surface area contributed by atoms with Crippen molar-refractivity contribution in [3.63, 3.8) is 0 Å².